The van der Waals surface area contributed by atoms with Crippen molar-refractivity contribution in [2.24, 2.45) is 0 Å². The first-order valence-corrected chi connectivity index (χ1v) is 4.35. The maximum atomic E-state index is 10.2. The van der Waals surface area contributed by atoms with Crippen molar-refractivity contribution in [3.63, 3.8) is 0 Å². The quantitative estimate of drug-likeness (QED) is 0.348. The number of hydrogen-bond acceptors (Lipinski definition) is 4. The number of amides is 1. The van der Waals surface area contributed by atoms with Gasteiger partial charge in [-0.25, -0.2) is 4.79 Å². The van der Waals surface area contributed by atoms with E-state index >= 15 is 0 Å². The topological polar surface area (TPSA) is 121 Å². The maximum Gasteiger partial charge on any atom is 0.327 e. The molecule has 0 fully saturated rings. The van der Waals surface area contributed by atoms with Gasteiger partial charge in [-0.05, 0) is 0 Å². The van der Waals surface area contributed by atoms with Gasteiger partial charge in [0.25, 0.3) is 10.1 Å². The summed E-state index contributed by atoms with van der Waals surface area (Å²) in [6.07, 6.45) is 0.0456. The molecule has 0 aliphatic rings. The SMILES string of the molecule is O=CNC(CS(=O)(=O)O)C(=O)O. The lowest BCUT2D eigenvalue weighted by atomic mass is 10.3. The Morgan fingerprint density at radius 2 is 2.08 bits per heavy atom. The van der Waals surface area contributed by atoms with Crippen LogP contribution in [-0.2, 0) is 19.7 Å². The first kappa shape index (κ1) is 10.8. The Morgan fingerprint density at radius 1 is 1.58 bits per heavy atom. The van der Waals surface area contributed by atoms with E-state index in [4.69, 9.17) is 9.66 Å². The van der Waals surface area contributed by atoms with Gasteiger partial charge in [0, 0.05) is 0 Å². The average molecular weight is 197 g/mol. The van der Waals surface area contributed by atoms with Crippen molar-refractivity contribution in [1.29, 1.82) is 0 Å². The van der Waals surface area contributed by atoms with Crippen molar-refractivity contribution in [3.05, 3.63) is 0 Å². The Kier molecular flexibility index (Phi) is 3.64. The first-order valence-electron chi connectivity index (χ1n) is 2.74. The van der Waals surface area contributed by atoms with Gasteiger partial charge in [0.05, 0.1) is 0 Å². The second-order valence-corrected chi connectivity index (χ2v) is 3.42. The Hall–Kier alpha value is -1.15. The molecule has 7 nitrogen and oxygen atoms in total. The molecule has 12 heavy (non-hydrogen) atoms. The third kappa shape index (κ3) is 4.63. The van der Waals surface area contributed by atoms with Crippen molar-refractivity contribution >= 4 is 22.5 Å². The third-order valence-corrected chi connectivity index (χ3v) is 1.70. The third-order valence-electron chi connectivity index (χ3n) is 0.945. The predicted molar refractivity (Wildman–Crippen MR) is 37.0 cm³/mol. The summed E-state index contributed by atoms with van der Waals surface area (Å²) in [6.45, 7) is 0. The highest BCUT2D eigenvalue weighted by molar-refractivity contribution is 7.85. The first-order chi connectivity index (χ1) is 5.37. The molecule has 70 valence electrons. The van der Waals surface area contributed by atoms with Crippen molar-refractivity contribution < 1.29 is 27.7 Å². The van der Waals surface area contributed by atoms with Crippen molar-refractivity contribution in [2.75, 3.05) is 5.75 Å². The van der Waals surface area contributed by atoms with Crippen molar-refractivity contribution in [1.82, 2.24) is 5.32 Å². The molecule has 0 aliphatic carbocycles. The molecule has 1 atom stereocenters. The van der Waals surface area contributed by atoms with Crippen LogP contribution in [-0.4, -0.2) is 42.3 Å². The van der Waals surface area contributed by atoms with Crippen LogP contribution in [0.3, 0.4) is 0 Å². The van der Waals surface area contributed by atoms with Gasteiger partial charge >= 0.3 is 5.97 Å². The van der Waals surface area contributed by atoms with Crippen LogP contribution in [0.2, 0.25) is 0 Å². The lowest BCUT2D eigenvalue weighted by molar-refractivity contribution is -0.139. The van der Waals surface area contributed by atoms with Gasteiger partial charge in [0.1, 0.15) is 11.8 Å². The van der Waals surface area contributed by atoms with E-state index in [0.29, 0.717) is 0 Å². The van der Waals surface area contributed by atoms with Crippen LogP contribution >= 0.6 is 0 Å². The summed E-state index contributed by atoms with van der Waals surface area (Å²) < 4.78 is 28.5. The molecule has 0 heterocycles. The molecule has 3 N–H and O–H groups in total. The summed E-state index contributed by atoms with van der Waals surface area (Å²) in [7, 11) is -4.39. The van der Waals surface area contributed by atoms with Crippen LogP contribution in [0.15, 0.2) is 0 Å². The number of nitrogens with one attached hydrogen (secondary N) is 1. The van der Waals surface area contributed by atoms with E-state index in [1.54, 1.807) is 5.32 Å². The number of carboxylic acid groups (broad SMARTS) is 1. The number of carbonyl (C=O) groups is 2. The molecule has 0 aromatic rings. The van der Waals surface area contributed by atoms with E-state index in [2.05, 4.69) is 0 Å². The molecule has 0 aliphatic heterocycles. The van der Waals surface area contributed by atoms with Gasteiger partial charge in [-0.1, -0.05) is 0 Å². The molecule has 8 heteroatoms. The van der Waals surface area contributed by atoms with Gasteiger partial charge in [-0.15, -0.1) is 0 Å². The molecule has 0 spiro atoms. The van der Waals surface area contributed by atoms with E-state index in [1.807, 2.05) is 0 Å². The van der Waals surface area contributed by atoms with Gasteiger partial charge in [-0.3, -0.25) is 9.35 Å². The molecule has 0 saturated heterocycles. The highest BCUT2D eigenvalue weighted by Crippen LogP contribution is 1.89. The summed E-state index contributed by atoms with van der Waals surface area (Å²) in [6, 6.07) is -1.61. The molecule has 1 amide bonds. The Bertz CT molecular complexity index is 269. The molecule has 1 unspecified atom stereocenters. The Balaban J connectivity index is 4.34. The number of carbonyl (C=O) groups excluding carboxylic acids is 1. The smallest absolute Gasteiger partial charge is 0.327 e. The predicted octanol–water partition coefficient (Wildman–Crippen LogP) is -1.93. The fourth-order valence-corrected chi connectivity index (χ4v) is 1.14. The zero-order chi connectivity index (χ0) is 9.78. The van der Waals surface area contributed by atoms with Crippen LogP contribution < -0.4 is 5.32 Å². The fraction of sp³-hybridized carbons (Fsp3) is 0.500. The lowest BCUT2D eigenvalue weighted by Gasteiger charge is -2.07. The van der Waals surface area contributed by atoms with Gasteiger partial charge in [-0.2, -0.15) is 8.42 Å². The molecule has 0 radical (unpaired) electrons. The summed E-state index contributed by atoms with van der Waals surface area (Å²) >= 11 is 0. The van der Waals surface area contributed by atoms with E-state index < -0.39 is 27.9 Å². The van der Waals surface area contributed by atoms with Crippen molar-refractivity contribution in [3.8, 4) is 0 Å². The average Bonchev–Trinajstić information content (AvgIpc) is 1.83. The van der Waals surface area contributed by atoms with E-state index in [-0.39, 0.29) is 6.41 Å². The summed E-state index contributed by atoms with van der Waals surface area (Å²) in [5.41, 5.74) is 0. The van der Waals surface area contributed by atoms with Gasteiger partial charge in [0.2, 0.25) is 6.41 Å². The standard InChI is InChI=1S/C4H7NO6S/c6-2-5-3(4(7)8)1-12(9,10)11/h2-3H,1H2,(H,5,6)(H,7,8)(H,9,10,11). The van der Waals surface area contributed by atoms with Crippen LogP contribution in [0, 0.1) is 0 Å². The number of aliphatic carboxylic acids is 1. The van der Waals surface area contributed by atoms with E-state index in [9.17, 15) is 18.0 Å². The summed E-state index contributed by atoms with van der Waals surface area (Å²) in [5.74, 6) is -2.57. The Morgan fingerprint density at radius 3 is 2.33 bits per heavy atom. The minimum atomic E-state index is -4.39. The molecular weight excluding hydrogens is 190 g/mol. The van der Waals surface area contributed by atoms with Crippen LogP contribution in [0.5, 0.6) is 0 Å². The summed E-state index contributed by atoms with van der Waals surface area (Å²) in [4.78, 5) is 19.9. The molecule has 0 saturated carbocycles. The highest BCUT2D eigenvalue weighted by Gasteiger charge is 2.22. The lowest BCUT2D eigenvalue weighted by Crippen LogP contribution is -2.41. The monoisotopic (exact) mass is 197 g/mol. The van der Waals surface area contributed by atoms with Gasteiger partial charge in [0.15, 0.2) is 0 Å². The number of rotatable bonds is 5. The Labute approximate surface area is 68.1 Å². The number of hydrogen-bond donors (Lipinski definition) is 3. The zero-order valence-electron chi connectivity index (χ0n) is 5.80. The van der Waals surface area contributed by atoms with E-state index in [0.717, 1.165) is 0 Å². The minimum Gasteiger partial charge on any atom is -0.480 e. The summed E-state index contributed by atoms with van der Waals surface area (Å²) in [5, 5.41) is 9.99. The largest absolute Gasteiger partial charge is 0.480 e. The van der Waals surface area contributed by atoms with Crippen LogP contribution in [0.4, 0.5) is 0 Å². The highest BCUT2D eigenvalue weighted by atomic mass is 32.2. The molecule has 0 aromatic heterocycles. The zero-order valence-corrected chi connectivity index (χ0v) is 6.61. The molecule has 0 aromatic carbocycles. The van der Waals surface area contributed by atoms with Crippen LogP contribution in [0.1, 0.15) is 0 Å². The molecule has 0 rings (SSSR count). The van der Waals surface area contributed by atoms with E-state index in [1.165, 1.54) is 0 Å². The van der Waals surface area contributed by atoms with Crippen LogP contribution in [0.25, 0.3) is 0 Å². The normalized spacial score (nSPS) is 13.4. The molecular formula is C4H7NO6S. The molecule has 0 bridgehead atoms. The van der Waals surface area contributed by atoms with Crippen molar-refractivity contribution in [2.45, 2.75) is 6.04 Å². The fourth-order valence-electron chi connectivity index (χ4n) is 0.483. The van der Waals surface area contributed by atoms with Gasteiger partial charge < -0.3 is 10.4 Å². The second-order valence-electron chi connectivity index (χ2n) is 1.92. The minimum absolute atomic E-state index is 0.0456. The number of carboxylic acids is 1. The second kappa shape index (κ2) is 4.02. The maximum absolute atomic E-state index is 10.2.